The number of esters is 1. The quantitative estimate of drug-likeness (QED) is 0.419. The zero-order valence-corrected chi connectivity index (χ0v) is 12.4. The van der Waals surface area contributed by atoms with Crippen LogP contribution < -0.4 is 0 Å². The third-order valence-corrected chi connectivity index (χ3v) is 1.71. The van der Waals surface area contributed by atoms with Gasteiger partial charge in [-0.1, -0.05) is 0 Å². The fraction of sp³-hybridized carbons (Fsp3) is 0.364. The molecule has 1 radical (unpaired) electrons. The van der Waals surface area contributed by atoms with Gasteiger partial charge in [0.15, 0.2) is 0 Å². The summed E-state index contributed by atoms with van der Waals surface area (Å²) in [5.74, 6) is -0.261. The molecule has 0 spiro atoms. The summed E-state index contributed by atoms with van der Waals surface area (Å²) < 4.78 is 4.46. The fourth-order valence-corrected chi connectivity index (χ4v) is 0.773. The molecule has 97 valence electrons. The Morgan fingerprint density at radius 1 is 1.22 bits per heavy atom. The van der Waals surface area contributed by atoms with Gasteiger partial charge in [0.25, 0.3) is 0 Å². The number of aliphatic hydroxyl groups is 3. The largest absolute Gasteiger partial charge is 0.508 e. The SMILES string of the molecule is COC(=O)c1ccc(O)cc1.OCC(O)CO.[Na]. The molecule has 0 aliphatic rings. The molecule has 0 aromatic heterocycles. The van der Waals surface area contributed by atoms with Crippen molar-refractivity contribution in [1.82, 2.24) is 0 Å². The first kappa shape index (κ1) is 19.7. The molecule has 1 aromatic rings. The van der Waals surface area contributed by atoms with Crippen molar-refractivity contribution in [1.29, 1.82) is 0 Å². The van der Waals surface area contributed by atoms with Crippen LogP contribution in [0.5, 0.6) is 5.75 Å². The third-order valence-electron chi connectivity index (χ3n) is 1.71. The Labute approximate surface area is 127 Å². The average molecular weight is 267 g/mol. The molecule has 1 rings (SSSR count). The molecule has 18 heavy (non-hydrogen) atoms. The topological polar surface area (TPSA) is 107 Å². The van der Waals surface area contributed by atoms with Gasteiger partial charge in [0.1, 0.15) is 11.9 Å². The number of aliphatic hydroxyl groups excluding tert-OH is 3. The van der Waals surface area contributed by atoms with E-state index in [1.165, 1.54) is 31.4 Å². The Morgan fingerprint density at radius 3 is 1.94 bits per heavy atom. The van der Waals surface area contributed by atoms with Crippen LogP contribution in [0.25, 0.3) is 0 Å². The molecule has 7 heteroatoms. The molecule has 0 bridgehead atoms. The van der Waals surface area contributed by atoms with E-state index in [1.54, 1.807) is 0 Å². The predicted molar refractivity (Wildman–Crippen MR) is 65.4 cm³/mol. The smallest absolute Gasteiger partial charge is 0.337 e. The Hall–Kier alpha value is -0.630. The number of carbonyl (C=O) groups excluding carboxylic acids is 1. The Bertz CT molecular complexity index is 323. The van der Waals surface area contributed by atoms with E-state index in [1.807, 2.05) is 0 Å². The minimum Gasteiger partial charge on any atom is -0.508 e. The summed E-state index contributed by atoms with van der Waals surface area (Å²) in [6, 6.07) is 5.88. The summed E-state index contributed by atoms with van der Waals surface area (Å²) in [6.07, 6.45) is -0.954. The number of hydrogen-bond acceptors (Lipinski definition) is 6. The monoisotopic (exact) mass is 267 g/mol. The maximum Gasteiger partial charge on any atom is 0.337 e. The molecule has 0 unspecified atom stereocenters. The van der Waals surface area contributed by atoms with Gasteiger partial charge in [0, 0.05) is 29.6 Å². The molecule has 4 N–H and O–H groups in total. The van der Waals surface area contributed by atoms with Crippen LogP contribution >= 0.6 is 0 Å². The average Bonchev–Trinajstić information content (AvgIpc) is 2.38. The van der Waals surface area contributed by atoms with Crippen LogP contribution in [0.4, 0.5) is 0 Å². The van der Waals surface area contributed by atoms with Crippen LogP contribution in [0.3, 0.4) is 0 Å². The number of phenols is 1. The Morgan fingerprint density at radius 2 is 1.67 bits per heavy atom. The van der Waals surface area contributed by atoms with Gasteiger partial charge in [0.05, 0.1) is 25.9 Å². The van der Waals surface area contributed by atoms with Crippen molar-refractivity contribution in [3.8, 4) is 5.75 Å². The van der Waals surface area contributed by atoms with Crippen molar-refractivity contribution in [2.75, 3.05) is 20.3 Å². The van der Waals surface area contributed by atoms with E-state index in [9.17, 15) is 4.79 Å². The minimum absolute atomic E-state index is 0. The Kier molecular flexibility index (Phi) is 12.5. The number of carbonyl (C=O) groups is 1. The zero-order chi connectivity index (χ0) is 13.3. The van der Waals surface area contributed by atoms with E-state index in [-0.39, 0.29) is 48.5 Å². The van der Waals surface area contributed by atoms with Crippen LogP contribution in [0.2, 0.25) is 0 Å². The van der Waals surface area contributed by atoms with E-state index in [4.69, 9.17) is 20.4 Å². The maximum absolute atomic E-state index is 10.8. The summed E-state index contributed by atoms with van der Waals surface area (Å²) in [5.41, 5.74) is 0.435. The van der Waals surface area contributed by atoms with E-state index >= 15 is 0 Å². The van der Waals surface area contributed by atoms with Crippen molar-refractivity contribution in [3.63, 3.8) is 0 Å². The van der Waals surface area contributed by atoms with Gasteiger partial charge in [-0.25, -0.2) is 4.79 Å². The molecular formula is C11H16NaO6. The number of benzene rings is 1. The third kappa shape index (κ3) is 8.46. The second kappa shape index (κ2) is 11.5. The standard InChI is InChI=1S/C8H8O3.C3H8O3.Na/c1-11-8(10)6-2-4-7(9)5-3-6;4-1-3(6)2-5;/h2-5,9H,1H3;3-6H,1-2H2;. The van der Waals surface area contributed by atoms with E-state index in [0.29, 0.717) is 5.56 Å². The molecule has 0 fully saturated rings. The summed E-state index contributed by atoms with van der Waals surface area (Å²) in [7, 11) is 1.31. The van der Waals surface area contributed by atoms with E-state index in [0.717, 1.165) is 0 Å². The van der Waals surface area contributed by atoms with Gasteiger partial charge in [-0.15, -0.1) is 0 Å². The molecule has 0 aliphatic carbocycles. The van der Waals surface area contributed by atoms with Gasteiger partial charge >= 0.3 is 5.97 Å². The summed E-state index contributed by atoms with van der Waals surface area (Å²) in [4.78, 5) is 10.8. The number of hydrogen-bond donors (Lipinski definition) is 4. The van der Waals surface area contributed by atoms with Crippen LogP contribution in [-0.2, 0) is 4.74 Å². The van der Waals surface area contributed by atoms with Crippen molar-refractivity contribution in [3.05, 3.63) is 29.8 Å². The van der Waals surface area contributed by atoms with Crippen LogP contribution in [0, 0.1) is 0 Å². The molecule has 0 saturated carbocycles. The van der Waals surface area contributed by atoms with Gasteiger partial charge in [-0.3, -0.25) is 0 Å². The van der Waals surface area contributed by atoms with Crippen LogP contribution in [-0.4, -0.2) is 82.4 Å². The molecule has 6 nitrogen and oxygen atoms in total. The summed E-state index contributed by atoms with van der Waals surface area (Å²) >= 11 is 0. The molecule has 0 saturated heterocycles. The van der Waals surface area contributed by atoms with Crippen molar-refractivity contribution in [2.45, 2.75) is 6.10 Å². The normalized spacial score (nSPS) is 8.94. The first-order valence-corrected chi connectivity index (χ1v) is 4.82. The number of phenolic OH excluding ortho intramolecular Hbond substituents is 1. The first-order valence-electron chi connectivity index (χ1n) is 4.82. The number of ether oxygens (including phenoxy) is 1. The molecule has 0 aliphatic heterocycles. The zero-order valence-electron chi connectivity index (χ0n) is 10.4. The molecule has 0 atom stereocenters. The predicted octanol–water partition coefficient (Wildman–Crippen LogP) is -0.870. The van der Waals surface area contributed by atoms with Gasteiger partial charge < -0.3 is 25.2 Å². The van der Waals surface area contributed by atoms with Crippen LogP contribution in [0.15, 0.2) is 24.3 Å². The first-order chi connectivity index (χ1) is 8.04. The molecule has 0 amide bonds. The molecule has 1 aromatic carbocycles. The molecule has 0 heterocycles. The minimum atomic E-state index is -0.954. The van der Waals surface area contributed by atoms with Gasteiger partial charge in [-0.2, -0.15) is 0 Å². The summed E-state index contributed by atoms with van der Waals surface area (Å²) in [6.45, 7) is -0.729. The maximum atomic E-state index is 10.8. The van der Waals surface area contributed by atoms with Gasteiger partial charge in [-0.05, 0) is 24.3 Å². The van der Waals surface area contributed by atoms with Crippen molar-refractivity contribution in [2.24, 2.45) is 0 Å². The van der Waals surface area contributed by atoms with Crippen molar-refractivity contribution < 1.29 is 30.0 Å². The second-order valence-electron chi connectivity index (χ2n) is 3.06. The number of rotatable bonds is 3. The van der Waals surface area contributed by atoms with E-state index in [2.05, 4.69) is 4.74 Å². The van der Waals surface area contributed by atoms with Gasteiger partial charge in [0.2, 0.25) is 0 Å². The fourth-order valence-electron chi connectivity index (χ4n) is 0.773. The Balaban J connectivity index is 0. The number of aromatic hydroxyl groups is 1. The molecular weight excluding hydrogens is 251 g/mol. The van der Waals surface area contributed by atoms with E-state index < -0.39 is 12.1 Å². The number of methoxy groups -OCH3 is 1. The van der Waals surface area contributed by atoms with Crippen molar-refractivity contribution >= 4 is 35.5 Å². The van der Waals surface area contributed by atoms with Crippen LogP contribution in [0.1, 0.15) is 10.4 Å². The summed E-state index contributed by atoms with van der Waals surface area (Å²) in [5, 5.41) is 32.9. The second-order valence-corrected chi connectivity index (χ2v) is 3.06.